The molecule has 1 aromatic heterocycles. The van der Waals surface area contributed by atoms with Gasteiger partial charge in [0.25, 0.3) is 0 Å². The van der Waals surface area contributed by atoms with Crippen LogP contribution in [-0.4, -0.2) is 42.4 Å². The number of halogens is 1. The van der Waals surface area contributed by atoms with Gasteiger partial charge in [-0.05, 0) is 65.8 Å². The molecule has 2 N–H and O–H groups in total. The molecule has 4 rings (SSSR count). The normalized spacial score (nSPS) is 21.4. The Morgan fingerprint density at radius 2 is 2.13 bits per heavy atom. The molecule has 0 spiro atoms. The van der Waals surface area contributed by atoms with E-state index < -0.39 is 18.5 Å². The molecule has 1 heterocycles. The van der Waals surface area contributed by atoms with Crippen molar-refractivity contribution in [2.24, 2.45) is 11.3 Å². The summed E-state index contributed by atoms with van der Waals surface area (Å²) in [4.78, 5) is 15.1. The molecule has 0 saturated heterocycles. The second kappa shape index (κ2) is 8.19. The number of hydrogen-bond acceptors (Lipinski definition) is 6. The number of Topliss-reactive ketones (excluding diaryl/α,β-unsaturated/α-hetero) is 1. The number of methoxy groups -OCH3 is 1. The van der Waals surface area contributed by atoms with E-state index in [1.54, 1.807) is 17.4 Å². The van der Waals surface area contributed by atoms with Crippen LogP contribution in [0.15, 0.2) is 12.1 Å². The van der Waals surface area contributed by atoms with Gasteiger partial charge in [-0.1, -0.05) is 13.8 Å². The molecule has 2 aliphatic carbocycles. The SMILES string of the molecule is COc1cc(CCC(=O)c2sc(C)c3c2C[C@@H]2[C@H]3C2(C)C)cc(F)c1OC[C@@H](O)CO. The quantitative estimate of drug-likeness (QED) is 0.566. The van der Waals surface area contributed by atoms with Crippen molar-refractivity contribution in [3.05, 3.63) is 44.4 Å². The predicted octanol–water partition coefficient (Wildman–Crippen LogP) is 4.05. The highest BCUT2D eigenvalue weighted by Crippen LogP contribution is 2.71. The molecule has 1 aromatic carbocycles. The Morgan fingerprint density at radius 3 is 2.81 bits per heavy atom. The van der Waals surface area contributed by atoms with E-state index in [2.05, 4.69) is 20.8 Å². The maximum atomic E-state index is 14.6. The minimum Gasteiger partial charge on any atom is -0.493 e. The van der Waals surface area contributed by atoms with Crippen LogP contribution in [0.25, 0.3) is 0 Å². The standard InChI is InChI=1S/C24H29FO5S/c1-12-20-15(9-16-21(20)24(16,2)3)23(31-12)18(28)6-5-13-7-17(25)22(19(8-13)29-4)30-11-14(27)10-26/h7-8,14,16,21,26-27H,5-6,9-11H2,1-4H3/t14-,16+,21+/m0/s1. The number of aryl methyl sites for hydroxylation is 2. The first-order valence-corrected chi connectivity index (χ1v) is 11.4. The van der Waals surface area contributed by atoms with E-state index in [1.165, 1.54) is 29.2 Å². The van der Waals surface area contributed by atoms with Gasteiger partial charge in [0.15, 0.2) is 23.1 Å². The highest BCUT2D eigenvalue weighted by molar-refractivity contribution is 7.14. The number of aliphatic hydroxyl groups excluding tert-OH is 2. The van der Waals surface area contributed by atoms with Crippen LogP contribution in [0.1, 0.15) is 57.4 Å². The first-order valence-electron chi connectivity index (χ1n) is 10.6. The van der Waals surface area contributed by atoms with E-state index in [-0.39, 0.29) is 23.9 Å². The fourth-order valence-corrected chi connectivity index (χ4v) is 6.22. The molecule has 1 saturated carbocycles. The van der Waals surface area contributed by atoms with E-state index in [1.807, 2.05) is 0 Å². The highest BCUT2D eigenvalue weighted by Gasteiger charge is 2.63. The number of ether oxygens (including phenoxy) is 2. The third-order valence-corrected chi connectivity index (χ3v) is 8.04. The number of ketones is 1. The van der Waals surface area contributed by atoms with Gasteiger partial charge in [-0.3, -0.25) is 4.79 Å². The average Bonchev–Trinajstić information content (AvgIpc) is 3.06. The molecule has 2 aliphatic rings. The number of carbonyl (C=O) groups excluding carboxylic acids is 1. The Morgan fingerprint density at radius 1 is 1.39 bits per heavy atom. The third-order valence-electron chi connectivity index (χ3n) is 6.83. The summed E-state index contributed by atoms with van der Waals surface area (Å²) in [6.07, 6.45) is 0.591. The Labute approximate surface area is 185 Å². The summed E-state index contributed by atoms with van der Waals surface area (Å²) in [5.41, 5.74) is 3.65. The minimum absolute atomic E-state index is 0.110. The van der Waals surface area contributed by atoms with Crippen molar-refractivity contribution in [1.29, 1.82) is 0 Å². The predicted molar refractivity (Wildman–Crippen MR) is 117 cm³/mol. The monoisotopic (exact) mass is 448 g/mol. The lowest BCUT2D eigenvalue weighted by atomic mass is 9.94. The summed E-state index contributed by atoms with van der Waals surface area (Å²) in [6, 6.07) is 2.98. The van der Waals surface area contributed by atoms with E-state index in [4.69, 9.17) is 14.6 Å². The van der Waals surface area contributed by atoms with Gasteiger partial charge in [0, 0.05) is 11.3 Å². The van der Waals surface area contributed by atoms with Crippen molar-refractivity contribution < 1.29 is 28.9 Å². The van der Waals surface area contributed by atoms with Gasteiger partial charge in [0.05, 0.1) is 18.6 Å². The summed E-state index contributed by atoms with van der Waals surface area (Å²) < 4.78 is 25.1. The first-order chi connectivity index (χ1) is 14.7. The molecule has 168 valence electrons. The highest BCUT2D eigenvalue weighted by atomic mass is 32.1. The van der Waals surface area contributed by atoms with Crippen molar-refractivity contribution in [3.63, 3.8) is 0 Å². The van der Waals surface area contributed by atoms with Crippen LogP contribution in [0.2, 0.25) is 0 Å². The summed E-state index contributed by atoms with van der Waals surface area (Å²) in [5, 5.41) is 18.3. The summed E-state index contributed by atoms with van der Waals surface area (Å²) >= 11 is 1.60. The van der Waals surface area contributed by atoms with E-state index in [9.17, 15) is 14.3 Å². The molecule has 0 radical (unpaired) electrons. The second-order valence-electron chi connectivity index (χ2n) is 9.17. The smallest absolute Gasteiger partial charge is 0.197 e. The number of fused-ring (bicyclic) bond motifs is 3. The summed E-state index contributed by atoms with van der Waals surface area (Å²) in [7, 11) is 1.41. The zero-order chi connectivity index (χ0) is 22.5. The van der Waals surface area contributed by atoms with Gasteiger partial charge in [-0.25, -0.2) is 4.39 Å². The van der Waals surface area contributed by atoms with Crippen LogP contribution in [0, 0.1) is 24.1 Å². The van der Waals surface area contributed by atoms with E-state index >= 15 is 0 Å². The van der Waals surface area contributed by atoms with Crippen molar-refractivity contribution >= 4 is 17.1 Å². The maximum Gasteiger partial charge on any atom is 0.197 e. The van der Waals surface area contributed by atoms with Crippen LogP contribution >= 0.6 is 11.3 Å². The largest absolute Gasteiger partial charge is 0.493 e. The molecular weight excluding hydrogens is 419 g/mol. The van der Waals surface area contributed by atoms with Gasteiger partial charge in [0.2, 0.25) is 0 Å². The number of benzene rings is 1. The van der Waals surface area contributed by atoms with E-state index in [0.717, 1.165) is 11.3 Å². The number of rotatable bonds is 9. The van der Waals surface area contributed by atoms with Crippen LogP contribution in [0.4, 0.5) is 4.39 Å². The lowest BCUT2D eigenvalue weighted by Gasteiger charge is -2.15. The Kier molecular flexibility index (Phi) is 5.87. The molecule has 0 unspecified atom stereocenters. The van der Waals surface area contributed by atoms with Gasteiger partial charge in [0.1, 0.15) is 12.7 Å². The second-order valence-corrected chi connectivity index (χ2v) is 10.4. The maximum absolute atomic E-state index is 14.6. The number of carbonyl (C=O) groups is 1. The fraction of sp³-hybridized carbons (Fsp3) is 0.542. The zero-order valence-corrected chi connectivity index (χ0v) is 19.1. The van der Waals surface area contributed by atoms with Crippen LogP contribution in [0.5, 0.6) is 11.5 Å². The fourth-order valence-electron chi connectivity index (χ4n) is 5.02. The van der Waals surface area contributed by atoms with Gasteiger partial charge < -0.3 is 19.7 Å². The topological polar surface area (TPSA) is 76.0 Å². The van der Waals surface area contributed by atoms with Crippen molar-refractivity contribution in [2.45, 2.75) is 52.1 Å². The molecule has 2 aromatic rings. The molecule has 0 bridgehead atoms. The lowest BCUT2D eigenvalue weighted by Crippen LogP contribution is -2.21. The Hall–Kier alpha value is -1.96. The van der Waals surface area contributed by atoms with Crippen LogP contribution < -0.4 is 9.47 Å². The molecule has 31 heavy (non-hydrogen) atoms. The molecule has 0 aliphatic heterocycles. The van der Waals surface area contributed by atoms with Crippen LogP contribution in [0.3, 0.4) is 0 Å². The number of hydrogen-bond donors (Lipinski definition) is 2. The summed E-state index contributed by atoms with van der Waals surface area (Å²) in [6.45, 7) is 6.01. The van der Waals surface area contributed by atoms with Crippen molar-refractivity contribution in [2.75, 3.05) is 20.3 Å². The minimum atomic E-state index is -1.10. The molecule has 3 atom stereocenters. The van der Waals surface area contributed by atoms with Crippen molar-refractivity contribution in [3.8, 4) is 11.5 Å². The number of thiophene rings is 1. The Bertz CT molecular complexity index is 1010. The average molecular weight is 449 g/mol. The zero-order valence-electron chi connectivity index (χ0n) is 18.3. The molecule has 7 heteroatoms. The molecule has 0 amide bonds. The van der Waals surface area contributed by atoms with Crippen molar-refractivity contribution in [1.82, 2.24) is 0 Å². The van der Waals surface area contributed by atoms with Crippen LogP contribution in [-0.2, 0) is 12.8 Å². The lowest BCUT2D eigenvalue weighted by molar-refractivity contribution is 0.0513. The molecule has 5 nitrogen and oxygen atoms in total. The number of aliphatic hydroxyl groups is 2. The van der Waals surface area contributed by atoms with Gasteiger partial charge in [-0.2, -0.15) is 0 Å². The van der Waals surface area contributed by atoms with E-state index in [0.29, 0.717) is 35.7 Å². The molecule has 1 fully saturated rings. The Balaban J connectivity index is 1.45. The first kappa shape index (κ1) is 22.2. The molecular formula is C24H29FO5S. The summed E-state index contributed by atoms with van der Waals surface area (Å²) in [5.74, 6) is 0.824. The third kappa shape index (κ3) is 3.88. The van der Waals surface area contributed by atoms with Gasteiger partial charge >= 0.3 is 0 Å². The van der Waals surface area contributed by atoms with Gasteiger partial charge in [-0.15, -0.1) is 11.3 Å².